The zero-order chi connectivity index (χ0) is 16.8. The van der Waals surface area contributed by atoms with Crippen LogP contribution in [0.15, 0.2) is 59.8 Å². The molecule has 0 unspecified atom stereocenters. The van der Waals surface area contributed by atoms with Gasteiger partial charge in [-0.25, -0.2) is 5.43 Å². The van der Waals surface area contributed by atoms with E-state index in [-0.39, 0.29) is 12.5 Å². The summed E-state index contributed by atoms with van der Waals surface area (Å²) in [7, 11) is 0. The van der Waals surface area contributed by atoms with Gasteiger partial charge in [-0.2, -0.15) is 9.90 Å². The Balaban J connectivity index is 1.61. The van der Waals surface area contributed by atoms with E-state index in [0.29, 0.717) is 17.2 Å². The maximum Gasteiger partial charge on any atom is 0.263 e. The molecule has 0 radical (unpaired) electrons. The second-order valence-corrected chi connectivity index (χ2v) is 4.96. The van der Waals surface area contributed by atoms with Crippen LogP contribution in [0.1, 0.15) is 12.6 Å². The molecule has 1 aromatic carbocycles. The lowest BCUT2D eigenvalue weighted by atomic mass is 10.2. The van der Waals surface area contributed by atoms with E-state index in [4.69, 9.17) is 0 Å². The van der Waals surface area contributed by atoms with Crippen LogP contribution in [-0.2, 0) is 11.3 Å². The first-order valence-electron chi connectivity index (χ1n) is 7.30. The van der Waals surface area contributed by atoms with Crippen molar-refractivity contribution >= 4 is 11.6 Å². The number of hydrogen-bond acceptors (Lipinski definition) is 6. The largest absolute Gasteiger partial charge is 0.271 e. The molecule has 0 aliphatic rings. The summed E-state index contributed by atoms with van der Waals surface area (Å²) in [5, 5.41) is 16.0. The molecule has 1 amide bonds. The van der Waals surface area contributed by atoms with Crippen LogP contribution >= 0.6 is 0 Å². The molecular weight excluding hydrogens is 306 g/mol. The molecule has 0 saturated carbocycles. The summed E-state index contributed by atoms with van der Waals surface area (Å²) in [6.07, 6.45) is 1.67. The number of carbonyl (C=O) groups excluding carboxylic acids is 1. The van der Waals surface area contributed by atoms with Crippen LogP contribution in [0.25, 0.3) is 11.4 Å². The Bertz CT molecular complexity index is 843. The topological polar surface area (TPSA) is 98.0 Å². The minimum absolute atomic E-state index is 0.0706. The van der Waals surface area contributed by atoms with Gasteiger partial charge in [0, 0.05) is 11.8 Å². The first kappa shape index (κ1) is 15.5. The molecule has 2 aromatic heterocycles. The molecule has 0 spiro atoms. The highest BCUT2D eigenvalue weighted by Crippen LogP contribution is 2.11. The van der Waals surface area contributed by atoms with E-state index in [2.05, 4.69) is 30.9 Å². The van der Waals surface area contributed by atoms with E-state index in [1.165, 1.54) is 4.80 Å². The van der Waals surface area contributed by atoms with Crippen LogP contribution in [0.2, 0.25) is 0 Å². The SMILES string of the molecule is C/C(=N\NC(=O)Cn1nnc(-c2ccccc2)n1)c1ccccn1. The number of hydrazone groups is 1. The van der Waals surface area contributed by atoms with E-state index in [9.17, 15) is 4.79 Å². The molecular formula is C16H15N7O. The fraction of sp³-hybridized carbons (Fsp3) is 0.125. The van der Waals surface area contributed by atoms with Gasteiger partial charge in [-0.3, -0.25) is 9.78 Å². The predicted molar refractivity (Wildman–Crippen MR) is 87.8 cm³/mol. The van der Waals surface area contributed by atoms with Crippen molar-refractivity contribution in [2.75, 3.05) is 0 Å². The summed E-state index contributed by atoms with van der Waals surface area (Å²) in [4.78, 5) is 17.3. The van der Waals surface area contributed by atoms with E-state index < -0.39 is 0 Å². The van der Waals surface area contributed by atoms with Crippen LogP contribution in [0, 0.1) is 0 Å². The molecule has 3 rings (SSSR count). The number of rotatable bonds is 5. The monoisotopic (exact) mass is 321 g/mol. The Hall–Kier alpha value is -3.42. The lowest BCUT2D eigenvalue weighted by molar-refractivity contribution is -0.122. The predicted octanol–water partition coefficient (Wildman–Crippen LogP) is 1.28. The summed E-state index contributed by atoms with van der Waals surface area (Å²) in [6, 6.07) is 14.9. The van der Waals surface area contributed by atoms with Gasteiger partial charge in [-0.1, -0.05) is 36.4 Å². The van der Waals surface area contributed by atoms with Crippen molar-refractivity contribution in [3.8, 4) is 11.4 Å². The molecule has 24 heavy (non-hydrogen) atoms. The normalized spacial score (nSPS) is 11.3. The van der Waals surface area contributed by atoms with E-state index in [1.54, 1.807) is 13.1 Å². The first-order chi connectivity index (χ1) is 11.7. The highest BCUT2D eigenvalue weighted by Gasteiger charge is 2.09. The number of nitrogens with zero attached hydrogens (tertiary/aromatic N) is 6. The first-order valence-corrected chi connectivity index (χ1v) is 7.30. The Morgan fingerprint density at radius 1 is 1.17 bits per heavy atom. The third-order valence-electron chi connectivity index (χ3n) is 3.15. The Labute approximate surface area is 138 Å². The van der Waals surface area contributed by atoms with Gasteiger partial charge in [-0.05, 0) is 24.3 Å². The molecule has 8 nitrogen and oxygen atoms in total. The number of carbonyl (C=O) groups is 1. The lowest BCUT2D eigenvalue weighted by Crippen LogP contribution is -2.25. The third-order valence-corrected chi connectivity index (χ3v) is 3.15. The van der Waals surface area contributed by atoms with Gasteiger partial charge < -0.3 is 0 Å². The maximum atomic E-state index is 11.9. The molecule has 0 saturated heterocycles. The zero-order valence-corrected chi connectivity index (χ0v) is 13.0. The van der Waals surface area contributed by atoms with E-state index >= 15 is 0 Å². The number of pyridine rings is 1. The number of amides is 1. The molecule has 3 aromatic rings. The number of tetrazole rings is 1. The van der Waals surface area contributed by atoms with Crippen LogP contribution < -0.4 is 5.43 Å². The van der Waals surface area contributed by atoms with Crippen molar-refractivity contribution < 1.29 is 4.79 Å². The lowest BCUT2D eigenvalue weighted by Gasteiger charge is -2.01. The van der Waals surface area contributed by atoms with Gasteiger partial charge in [-0.15, -0.1) is 10.2 Å². The van der Waals surface area contributed by atoms with Gasteiger partial charge in [0.05, 0.1) is 11.4 Å². The van der Waals surface area contributed by atoms with Crippen molar-refractivity contribution in [1.29, 1.82) is 0 Å². The molecule has 0 bridgehead atoms. The molecule has 0 atom stereocenters. The highest BCUT2D eigenvalue weighted by molar-refractivity contribution is 5.97. The van der Waals surface area contributed by atoms with Crippen LogP contribution in [0.5, 0.6) is 0 Å². The second kappa shape index (κ2) is 7.23. The Kier molecular flexibility index (Phi) is 4.66. The quantitative estimate of drug-likeness (QED) is 0.564. The molecule has 0 fully saturated rings. The number of benzene rings is 1. The van der Waals surface area contributed by atoms with Crippen molar-refractivity contribution in [1.82, 2.24) is 30.6 Å². The molecule has 8 heteroatoms. The second-order valence-electron chi connectivity index (χ2n) is 4.96. The fourth-order valence-corrected chi connectivity index (χ4v) is 1.96. The van der Waals surface area contributed by atoms with Gasteiger partial charge in [0.15, 0.2) is 0 Å². The molecule has 120 valence electrons. The van der Waals surface area contributed by atoms with E-state index in [1.807, 2.05) is 48.5 Å². The smallest absolute Gasteiger partial charge is 0.263 e. The number of hydrogen-bond donors (Lipinski definition) is 1. The standard InChI is InChI=1S/C16H15N7O/c1-12(14-9-5-6-10-17-14)18-19-15(24)11-23-21-16(20-22-23)13-7-3-2-4-8-13/h2-10H,11H2,1H3,(H,19,24)/b18-12+. The third kappa shape index (κ3) is 3.86. The summed E-state index contributed by atoms with van der Waals surface area (Å²) < 4.78 is 0. The average molecular weight is 321 g/mol. The Morgan fingerprint density at radius 2 is 1.96 bits per heavy atom. The van der Waals surface area contributed by atoms with Gasteiger partial charge in [0.2, 0.25) is 5.82 Å². The van der Waals surface area contributed by atoms with E-state index in [0.717, 1.165) is 5.56 Å². The highest BCUT2D eigenvalue weighted by atomic mass is 16.2. The van der Waals surface area contributed by atoms with Gasteiger partial charge >= 0.3 is 0 Å². The number of nitrogens with one attached hydrogen (secondary N) is 1. The molecule has 2 heterocycles. The van der Waals surface area contributed by atoms with Crippen molar-refractivity contribution in [3.63, 3.8) is 0 Å². The fourth-order valence-electron chi connectivity index (χ4n) is 1.96. The molecule has 0 aliphatic heterocycles. The van der Waals surface area contributed by atoms with Crippen LogP contribution in [0.4, 0.5) is 0 Å². The maximum absolute atomic E-state index is 11.9. The number of aromatic nitrogens is 5. The average Bonchev–Trinajstić information content (AvgIpc) is 3.09. The minimum Gasteiger partial charge on any atom is -0.271 e. The summed E-state index contributed by atoms with van der Waals surface area (Å²) in [5.74, 6) is 0.124. The van der Waals surface area contributed by atoms with Crippen molar-refractivity contribution in [2.24, 2.45) is 5.10 Å². The van der Waals surface area contributed by atoms with Crippen molar-refractivity contribution in [2.45, 2.75) is 13.5 Å². The molecule has 0 aliphatic carbocycles. The molecule has 1 N–H and O–H groups in total. The summed E-state index contributed by atoms with van der Waals surface area (Å²) in [5.41, 5.74) is 4.61. The van der Waals surface area contributed by atoms with Crippen LogP contribution in [-0.4, -0.2) is 36.8 Å². The summed E-state index contributed by atoms with van der Waals surface area (Å²) in [6.45, 7) is 1.70. The minimum atomic E-state index is -0.345. The zero-order valence-electron chi connectivity index (χ0n) is 13.0. The Morgan fingerprint density at radius 3 is 2.71 bits per heavy atom. The van der Waals surface area contributed by atoms with Crippen LogP contribution in [0.3, 0.4) is 0 Å². The van der Waals surface area contributed by atoms with Gasteiger partial charge in [0.25, 0.3) is 5.91 Å². The van der Waals surface area contributed by atoms with Gasteiger partial charge in [0.1, 0.15) is 6.54 Å². The van der Waals surface area contributed by atoms with Crippen molar-refractivity contribution in [3.05, 3.63) is 60.4 Å². The summed E-state index contributed by atoms with van der Waals surface area (Å²) >= 11 is 0.